The molecule has 0 aromatic carbocycles. The van der Waals surface area contributed by atoms with E-state index in [9.17, 15) is 9.59 Å². The van der Waals surface area contributed by atoms with Gasteiger partial charge in [0.1, 0.15) is 6.04 Å². The number of carbonyl (C=O) groups excluding carboxylic acids is 2. The number of carbonyl (C=O) groups is 2. The average molecular weight is 309 g/mol. The quantitative estimate of drug-likeness (QED) is 0.832. The third-order valence-electron chi connectivity index (χ3n) is 5.33. The molecule has 2 atom stereocenters. The number of likely N-dealkylation sites (tertiary alicyclic amines) is 1. The van der Waals surface area contributed by atoms with Crippen molar-refractivity contribution in [2.75, 3.05) is 13.1 Å². The zero-order valence-corrected chi connectivity index (χ0v) is 14.2. The Hall–Kier alpha value is -1.10. The van der Waals surface area contributed by atoms with E-state index < -0.39 is 6.04 Å². The molecule has 1 aliphatic carbocycles. The van der Waals surface area contributed by atoms with E-state index in [0.29, 0.717) is 13.1 Å². The Morgan fingerprint density at radius 2 is 1.82 bits per heavy atom. The van der Waals surface area contributed by atoms with Crippen LogP contribution in [0.4, 0.5) is 0 Å². The predicted octanol–water partition coefficient (Wildman–Crippen LogP) is 1.66. The summed E-state index contributed by atoms with van der Waals surface area (Å²) in [5.74, 6) is 0.160. The zero-order valence-electron chi connectivity index (χ0n) is 14.2. The van der Waals surface area contributed by atoms with E-state index >= 15 is 0 Å². The molecule has 126 valence electrons. The van der Waals surface area contributed by atoms with Crippen LogP contribution in [0.25, 0.3) is 0 Å². The second-order valence-corrected chi connectivity index (χ2v) is 7.71. The molecule has 0 spiro atoms. The van der Waals surface area contributed by atoms with Crippen molar-refractivity contribution in [1.29, 1.82) is 0 Å². The minimum absolute atomic E-state index is 0.0177. The maximum atomic E-state index is 12.6. The Kier molecular flexibility index (Phi) is 5.48. The number of nitrogens with zero attached hydrogens (tertiary/aromatic N) is 1. The molecule has 5 heteroatoms. The maximum absolute atomic E-state index is 12.6. The normalized spacial score (nSPS) is 27.3. The van der Waals surface area contributed by atoms with Crippen LogP contribution in [-0.4, -0.2) is 41.9 Å². The molecule has 22 heavy (non-hydrogen) atoms. The van der Waals surface area contributed by atoms with Gasteiger partial charge in [-0.1, -0.05) is 33.1 Å². The van der Waals surface area contributed by atoms with Crippen molar-refractivity contribution in [3.63, 3.8) is 0 Å². The fourth-order valence-corrected chi connectivity index (χ4v) is 3.59. The first-order valence-electron chi connectivity index (χ1n) is 8.66. The second-order valence-electron chi connectivity index (χ2n) is 7.71. The Morgan fingerprint density at radius 1 is 1.18 bits per heavy atom. The van der Waals surface area contributed by atoms with Crippen molar-refractivity contribution in [2.24, 2.45) is 17.1 Å². The van der Waals surface area contributed by atoms with E-state index in [-0.39, 0.29) is 29.2 Å². The van der Waals surface area contributed by atoms with Gasteiger partial charge in [0.25, 0.3) is 0 Å². The summed E-state index contributed by atoms with van der Waals surface area (Å²) in [6.45, 7) is 7.35. The van der Waals surface area contributed by atoms with E-state index in [1.807, 2.05) is 4.90 Å². The molecule has 1 saturated heterocycles. The second kappa shape index (κ2) is 6.99. The molecule has 1 unspecified atom stereocenters. The molecule has 5 nitrogen and oxygen atoms in total. The number of hydrogen-bond acceptors (Lipinski definition) is 3. The number of nitrogens with one attached hydrogen (secondary N) is 1. The first-order chi connectivity index (χ1) is 10.3. The van der Waals surface area contributed by atoms with Gasteiger partial charge >= 0.3 is 0 Å². The van der Waals surface area contributed by atoms with Crippen molar-refractivity contribution in [3.8, 4) is 0 Å². The largest absolute Gasteiger partial charge is 0.344 e. The fourth-order valence-electron chi connectivity index (χ4n) is 3.59. The number of hydrogen-bond donors (Lipinski definition) is 2. The predicted molar refractivity (Wildman–Crippen MR) is 87.1 cm³/mol. The van der Waals surface area contributed by atoms with Crippen LogP contribution in [0.5, 0.6) is 0 Å². The van der Waals surface area contributed by atoms with Crippen LogP contribution >= 0.6 is 0 Å². The smallest absolute Gasteiger partial charge is 0.244 e. The highest BCUT2D eigenvalue weighted by Gasteiger charge is 2.37. The van der Waals surface area contributed by atoms with Gasteiger partial charge < -0.3 is 16.0 Å². The summed E-state index contributed by atoms with van der Waals surface area (Å²) >= 11 is 0. The van der Waals surface area contributed by atoms with Gasteiger partial charge in [-0.15, -0.1) is 0 Å². The van der Waals surface area contributed by atoms with Gasteiger partial charge in [0.2, 0.25) is 11.8 Å². The number of piperidine rings is 1. The Morgan fingerprint density at radius 3 is 2.41 bits per heavy atom. The van der Waals surface area contributed by atoms with E-state index in [1.54, 1.807) is 6.92 Å². The molecule has 0 aromatic heterocycles. The average Bonchev–Trinajstić information content (AvgIpc) is 2.50. The molecule has 1 heterocycles. The van der Waals surface area contributed by atoms with Gasteiger partial charge in [-0.25, -0.2) is 0 Å². The van der Waals surface area contributed by atoms with Crippen LogP contribution < -0.4 is 11.1 Å². The van der Waals surface area contributed by atoms with Crippen LogP contribution in [0.15, 0.2) is 0 Å². The van der Waals surface area contributed by atoms with Crippen molar-refractivity contribution in [2.45, 2.75) is 71.4 Å². The standard InChI is InChI=1S/C17H31N3O2/c1-12(19-15(21)13-7-5-4-6-8-13)16(22)20-10-9-14(18)17(2,3)11-20/h12-14H,4-11,18H2,1-3H3,(H,19,21)/t12-,14?/m0/s1. The van der Waals surface area contributed by atoms with E-state index in [4.69, 9.17) is 5.73 Å². The van der Waals surface area contributed by atoms with Gasteiger partial charge in [-0.3, -0.25) is 9.59 Å². The summed E-state index contributed by atoms with van der Waals surface area (Å²) in [4.78, 5) is 26.7. The van der Waals surface area contributed by atoms with Gasteiger partial charge in [0, 0.05) is 25.0 Å². The SMILES string of the molecule is C[C@H](NC(=O)C1CCCCC1)C(=O)N1CCC(N)C(C)(C)C1. The van der Waals surface area contributed by atoms with E-state index in [0.717, 1.165) is 32.1 Å². The molecule has 1 saturated carbocycles. The molecule has 0 aromatic rings. The Bertz CT molecular complexity index is 416. The lowest BCUT2D eigenvalue weighted by atomic mass is 9.79. The molecule has 1 aliphatic heterocycles. The molecule has 3 N–H and O–H groups in total. The van der Waals surface area contributed by atoms with E-state index in [1.165, 1.54) is 6.42 Å². The van der Waals surface area contributed by atoms with Gasteiger partial charge in [0.05, 0.1) is 0 Å². The highest BCUT2D eigenvalue weighted by Crippen LogP contribution is 2.28. The lowest BCUT2D eigenvalue weighted by Crippen LogP contribution is -2.57. The first kappa shape index (κ1) is 17.3. The summed E-state index contributed by atoms with van der Waals surface area (Å²) in [5.41, 5.74) is 6.05. The monoisotopic (exact) mass is 309 g/mol. The van der Waals surface area contributed by atoms with Crippen LogP contribution in [0.2, 0.25) is 0 Å². The topological polar surface area (TPSA) is 75.4 Å². The molecule has 2 aliphatic rings. The third-order valence-corrected chi connectivity index (χ3v) is 5.33. The molecule has 2 rings (SSSR count). The van der Waals surface area contributed by atoms with Crippen molar-refractivity contribution < 1.29 is 9.59 Å². The van der Waals surface area contributed by atoms with Crippen molar-refractivity contribution in [1.82, 2.24) is 10.2 Å². The number of amides is 2. The fraction of sp³-hybridized carbons (Fsp3) is 0.882. The van der Waals surface area contributed by atoms with Crippen molar-refractivity contribution >= 4 is 11.8 Å². The molecule has 2 amide bonds. The minimum atomic E-state index is -0.445. The summed E-state index contributed by atoms with van der Waals surface area (Å²) in [7, 11) is 0. The summed E-state index contributed by atoms with van der Waals surface area (Å²) in [5, 5.41) is 2.92. The molecule has 0 bridgehead atoms. The number of rotatable bonds is 3. The lowest BCUT2D eigenvalue weighted by Gasteiger charge is -2.43. The number of nitrogens with two attached hydrogens (primary N) is 1. The summed E-state index contributed by atoms with van der Waals surface area (Å²) < 4.78 is 0. The Balaban J connectivity index is 1.87. The molecule has 0 radical (unpaired) electrons. The highest BCUT2D eigenvalue weighted by molar-refractivity contribution is 5.88. The third kappa shape index (κ3) is 4.00. The lowest BCUT2D eigenvalue weighted by molar-refractivity contribution is -0.139. The van der Waals surface area contributed by atoms with Gasteiger partial charge in [-0.05, 0) is 31.6 Å². The maximum Gasteiger partial charge on any atom is 0.244 e. The van der Waals surface area contributed by atoms with Gasteiger partial charge in [0.15, 0.2) is 0 Å². The van der Waals surface area contributed by atoms with Crippen LogP contribution in [0, 0.1) is 11.3 Å². The summed E-state index contributed by atoms with van der Waals surface area (Å²) in [6, 6.07) is -0.316. The molecular formula is C17H31N3O2. The van der Waals surface area contributed by atoms with Gasteiger partial charge in [-0.2, -0.15) is 0 Å². The van der Waals surface area contributed by atoms with Crippen LogP contribution in [-0.2, 0) is 9.59 Å². The van der Waals surface area contributed by atoms with Crippen molar-refractivity contribution in [3.05, 3.63) is 0 Å². The van der Waals surface area contributed by atoms with Crippen LogP contribution in [0.3, 0.4) is 0 Å². The Labute approximate surface area is 134 Å². The highest BCUT2D eigenvalue weighted by atomic mass is 16.2. The summed E-state index contributed by atoms with van der Waals surface area (Å²) in [6.07, 6.45) is 6.21. The van der Waals surface area contributed by atoms with Crippen LogP contribution in [0.1, 0.15) is 59.3 Å². The first-order valence-corrected chi connectivity index (χ1v) is 8.66. The van der Waals surface area contributed by atoms with E-state index in [2.05, 4.69) is 19.2 Å². The molecule has 2 fully saturated rings. The zero-order chi connectivity index (χ0) is 16.3. The minimum Gasteiger partial charge on any atom is -0.344 e. The molecular weight excluding hydrogens is 278 g/mol.